The van der Waals surface area contributed by atoms with Crippen LogP contribution >= 0.6 is 11.3 Å². The Morgan fingerprint density at radius 3 is 2.85 bits per heavy atom. The first kappa shape index (κ1) is 12.5. The number of amides is 2. The number of carbonyl (C=O) groups excluding carboxylic acids is 3. The Balaban J connectivity index is 1.79. The summed E-state index contributed by atoms with van der Waals surface area (Å²) < 4.78 is 0. The van der Waals surface area contributed by atoms with Crippen molar-refractivity contribution < 1.29 is 14.4 Å². The van der Waals surface area contributed by atoms with E-state index in [1.807, 2.05) is 0 Å². The van der Waals surface area contributed by atoms with Gasteiger partial charge in [0.15, 0.2) is 5.13 Å². The zero-order chi connectivity index (χ0) is 14.1. The molecule has 0 atom stereocenters. The first-order chi connectivity index (χ1) is 9.66. The van der Waals surface area contributed by atoms with E-state index in [-0.39, 0.29) is 6.54 Å². The Kier molecular flexibility index (Phi) is 3.03. The van der Waals surface area contributed by atoms with Crippen LogP contribution in [-0.4, -0.2) is 29.1 Å². The van der Waals surface area contributed by atoms with Crippen molar-refractivity contribution in [2.45, 2.75) is 0 Å². The number of Topliss-reactive ketones (excluding diaryl/α,β-unsaturated/α-hetero) is 1. The molecular formula is C13H9N3O3S. The molecule has 6 nitrogen and oxygen atoms in total. The van der Waals surface area contributed by atoms with Gasteiger partial charge in [0.05, 0.1) is 11.3 Å². The number of nitrogens with zero attached hydrogens (tertiary/aromatic N) is 2. The van der Waals surface area contributed by atoms with Gasteiger partial charge in [0, 0.05) is 11.6 Å². The predicted octanol–water partition coefficient (Wildman–Crippen LogP) is 1.31. The summed E-state index contributed by atoms with van der Waals surface area (Å²) in [4.78, 5) is 40.6. The monoisotopic (exact) mass is 287 g/mol. The van der Waals surface area contributed by atoms with E-state index in [2.05, 4.69) is 10.3 Å². The van der Waals surface area contributed by atoms with Crippen LogP contribution in [0.25, 0.3) is 0 Å². The van der Waals surface area contributed by atoms with Crippen molar-refractivity contribution in [2.75, 3.05) is 16.8 Å². The average molecular weight is 287 g/mol. The largest absolute Gasteiger partial charge is 0.300 e. The van der Waals surface area contributed by atoms with Gasteiger partial charge in [0.25, 0.3) is 11.7 Å². The van der Waals surface area contributed by atoms with Gasteiger partial charge >= 0.3 is 0 Å². The van der Waals surface area contributed by atoms with Crippen LogP contribution in [0.15, 0.2) is 35.8 Å². The highest BCUT2D eigenvalue weighted by molar-refractivity contribution is 7.13. The molecule has 0 radical (unpaired) electrons. The number of hydrogen-bond acceptors (Lipinski definition) is 5. The molecule has 3 rings (SSSR count). The van der Waals surface area contributed by atoms with Crippen molar-refractivity contribution in [3.63, 3.8) is 0 Å². The number of anilines is 2. The fourth-order valence-electron chi connectivity index (χ4n) is 1.99. The molecule has 0 spiro atoms. The van der Waals surface area contributed by atoms with Gasteiger partial charge < -0.3 is 5.32 Å². The molecule has 0 aliphatic carbocycles. The van der Waals surface area contributed by atoms with Crippen LogP contribution in [0.4, 0.5) is 10.8 Å². The SMILES string of the molecule is O=C(CN1C(=O)C(=O)c2ccccc21)Nc1nccs1. The summed E-state index contributed by atoms with van der Waals surface area (Å²) in [5.41, 5.74) is 0.802. The third-order valence-electron chi connectivity index (χ3n) is 2.86. The number of benzene rings is 1. The summed E-state index contributed by atoms with van der Waals surface area (Å²) >= 11 is 1.28. The highest BCUT2D eigenvalue weighted by Crippen LogP contribution is 2.28. The maximum absolute atomic E-state index is 11.9. The number of nitrogens with one attached hydrogen (secondary N) is 1. The molecule has 0 fully saturated rings. The molecule has 0 bridgehead atoms. The highest BCUT2D eigenvalue weighted by Gasteiger charge is 2.36. The van der Waals surface area contributed by atoms with Crippen LogP contribution in [-0.2, 0) is 9.59 Å². The van der Waals surface area contributed by atoms with Crippen molar-refractivity contribution in [1.82, 2.24) is 4.98 Å². The molecule has 0 saturated carbocycles. The zero-order valence-electron chi connectivity index (χ0n) is 10.2. The number of thiazole rings is 1. The Labute approximate surface area is 118 Å². The third kappa shape index (κ3) is 2.08. The lowest BCUT2D eigenvalue weighted by Crippen LogP contribution is -2.37. The topological polar surface area (TPSA) is 79.4 Å². The highest BCUT2D eigenvalue weighted by atomic mass is 32.1. The molecule has 1 N–H and O–H groups in total. The molecule has 1 aromatic carbocycles. The predicted molar refractivity (Wildman–Crippen MR) is 73.9 cm³/mol. The average Bonchev–Trinajstić information content (AvgIpc) is 3.03. The molecular weight excluding hydrogens is 278 g/mol. The second kappa shape index (κ2) is 4.86. The van der Waals surface area contributed by atoms with Gasteiger partial charge in [-0.1, -0.05) is 12.1 Å². The number of hydrogen-bond donors (Lipinski definition) is 1. The fraction of sp³-hybridized carbons (Fsp3) is 0.0769. The minimum absolute atomic E-state index is 0.207. The van der Waals surface area contributed by atoms with E-state index in [1.54, 1.807) is 35.8 Å². The van der Waals surface area contributed by atoms with E-state index in [0.717, 1.165) is 0 Å². The molecule has 20 heavy (non-hydrogen) atoms. The smallest absolute Gasteiger partial charge is 0.299 e. The summed E-state index contributed by atoms with van der Waals surface area (Å²) in [5.74, 6) is -1.65. The van der Waals surface area contributed by atoms with E-state index in [9.17, 15) is 14.4 Å². The normalized spacial score (nSPS) is 13.5. The maximum atomic E-state index is 11.9. The molecule has 1 aromatic heterocycles. The quantitative estimate of drug-likeness (QED) is 0.863. The zero-order valence-corrected chi connectivity index (χ0v) is 11.0. The van der Waals surface area contributed by atoms with Crippen molar-refractivity contribution >= 4 is 39.8 Å². The lowest BCUT2D eigenvalue weighted by atomic mass is 10.1. The van der Waals surface area contributed by atoms with E-state index in [1.165, 1.54) is 16.2 Å². The van der Waals surface area contributed by atoms with Gasteiger partial charge in [-0.2, -0.15) is 0 Å². The molecule has 2 aromatic rings. The summed E-state index contributed by atoms with van der Waals surface area (Å²) in [6, 6.07) is 6.63. The number of para-hydroxylation sites is 1. The van der Waals surface area contributed by atoms with Crippen LogP contribution in [0.5, 0.6) is 0 Å². The number of fused-ring (bicyclic) bond motifs is 1. The van der Waals surface area contributed by atoms with E-state index in [4.69, 9.17) is 0 Å². The molecule has 2 amide bonds. The van der Waals surface area contributed by atoms with Crippen molar-refractivity contribution in [2.24, 2.45) is 0 Å². The number of ketones is 1. The molecule has 7 heteroatoms. The van der Waals surface area contributed by atoms with Gasteiger partial charge in [-0.25, -0.2) is 4.98 Å². The van der Waals surface area contributed by atoms with Crippen molar-refractivity contribution in [1.29, 1.82) is 0 Å². The first-order valence-electron chi connectivity index (χ1n) is 5.81. The van der Waals surface area contributed by atoms with Gasteiger partial charge in [-0.15, -0.1) is 11.3 Å². The van der Waals surface area contributed by atoms with Crippen LogP contribution in [0.1, 0.15) is 10.4 Å². The molecule has 1 aliphatic rings. The van der Waals surface area contributed by atoms with Gasteiger partial charge in [0.2, 0.25) is 5.91 Å². The maximum Gasteiger partial charge on any atom is 0.299 e. The summed E-state index contributed by atoms with van der Waals surface area (Å²) in [5, 5.41) is 4.77. The lowest BCUT2D eigenvalue weighted by Gasteiger charge is -2.15. The lowest BCUT2D eigenvalue weighted by molar-refractivity contribution is -0.118. The molecule has 1 aliphatic heterocycles. The van der Waals surface area contributed by atoms with E-state index in [0.29, 0.717) is 16.4 Å². The number of rotatable bonds is 3. The summed E-state index contributed by atoms with van der Waals surface area (Å²) in [6.07, 6.45) is 1.57. The van der Waals surface area contributed by atoms with Crippen LogP contribution in [0.3, 0.4) is 0 Å². The fourth-order valence-corrected chi connectivity index (χ4v) is 2.54. The summed E-state index contributed by atoms with van der Waals surface area (Å²) in [6.45, 7) is -0.207. The summed E-state index contributed by atoms with van der Waals surface area (Å²) in [7, 11) is 0. The molecule has 100 valence electrons. The number of aromatic nitrogens is 1. The molecule has 2 heterocycles. The van der Waals surface area contributed by atoms with Crippen molar-refractivity contribution in [3.05, 3.63) is 41.4 Å². The standard InChI is InChI=1S/C13H9N3O3S/c17-10(15-13-14-5-6-20-13)7-16-9-4-2-1-3-8(9)11(18)12(16)19/h1-6H,7H2,(H,14,15,17). The Morgan fingerprint density at radius 1 is 1.30 bits per heavy atom. The van der Waals surface area contributed by atoms with Crippen molar-refractivity contribution in [3.8, 4) is 0 Å². The van der Waals surface area contributed by atoms with E-state index < -0.39 is 17.6 Å². The van der Waals surface area contributed by atoms with Gasteiger partial charge in [-0.05, 0) is 12.1 Å². The second-order valence-corrected chi connectivity index (χ2v) is 5.02. The third-order valence-corrected chi connectivity index (χ3v) is 3.55. The Bertz CT molecular complexity index is 697. The van der Waals surface area contributed by atoms with Crippen LogP contribution in [0, 0.1) is 0 Å². The Hall–Kier alpha value is -2.54. The molecule has 0 unspecified atom stereocenters. The minimum Gasteiger partial charge on any atom is -0.300 e. The van der Waals surface area contributed by atoms with Crippen LogP contribution in [0.2, 0.25) is 0 Å². The minimum atomic E-state index is -0.680. The van der Waals surface area contributed by atoms with Gasteiger partial charge in [-0.3, -0.25) is 19.3 Å². The Morgan fingerprint density at radius 2 is 2.10 bits per heavy atom. The second-order valence-electron chi connectivity index (χ2n) is 4.12. The molecule has 0 saturated heterocycles. The number of carbonyl (C=O) groups is 3. The van der Waals surface area contributed by atoms with E-state index >= 15 is 0 Å². The first-order valence-corrected chi connectivity index (χ1v) is 6.69. The van der Waals surface area contributed by atoms with Gasteiger partial charge in [0.1, 0.15) is 6.54 Å². The van der Waals surface area contributed by atoms with Crippen LogP contribution < -0.4 is 10.2 Å².